The molecule has 9 heteroatoms. The molecule has 0 unspecified atom stereocenters. The lowest BCUT2D eigenvalue weighted by Gasteiger charge is -2.32. The van der Waals surface area contributed by atoms with E-state index >= 15 is 0 Å². The summed E-state index contributed by atoms with van der Waals surface area (Å²) in [5, 5.41) is 4.68. The number of pyridine rings is 1. The summed E-state index contributed by atoms with van der Waals surface area (Å²) in [4.78, 5) is 33.7. The van der Waals surface area contributed by atoms with Gasteiger partial charge >= 0.3 is 0 Å². The topological polar surface area (TPSA) is 71.3 Å². The molecule has 0 spiro atoms. The largest absolute Gasteiger partial charge is 0.341 e. The van der Waals surface area contributed by atoms with Crippen molar-refractivity contribution in [3.63, 3.8) is 0 Å². The van der Waals surface area contributed by atoms with E-state index in [1.54, 1.807) is 36.3 Å². The van der Waals surface area contributed by atoms with Crippen molar-refractivity contribution >= 4 is 39.3 Å². The van der Waals surface area contributed by atoms with Crippen molar-refractivity contribution in [1.29, 1.82) is 0 Å². The van der Waals surface area contributed by atoms with E-state index in [1.165, 1.54) is 9.58 Å². The number of hydrogen-bond acceptors (Lipinski definition) is 4. The number of nitrogens with zero attached hydrogens (tertiary/aromatic N) is 5. The van der Waals surface area contributed by atoms with E-state index in [-0.39, 0.29) is 11.8 Å². The Kier molecular flexibility index (Phi) is 5.58. The van der Waals surface area contributed by atoms with E-state index in [2.05, 4.69) is 26.0 Å². The second-order valence-electron chi connectivity index (χ2n) is 6.45. The summed E-state index contributed by atoms with van der Waals surface area (Å²) in [6.45, 7) is 5.11. The van der Waals surface area contributed by atoms with Gasteiger partial charge in [0.2, 0.25) is 5.91 Å². The molecule has 27 heavy (non-hydrogen) atoms. The lowest BCUT2D eigenvalue weighted by Crippen LogP contribution is -2.51. The second-order valence-corrected chi connectivity index (χ2v) is 7.67. The van der Waals surface area contributed by atoms with Crippen molar-refractivity contribution in [2.75, 3.05) is 20.1 Å². The predicted octanol–water partition coefficient (Wildman–Crippen LogP) is 3.16. The van der Waals surface area contributed by atoms with Gasteiger partial charge in [-0.1, -0.05) is 11.6 Å². The number of likely N-dealkylation sites (N-methyl/N-ethyl adjacent to an activating group) is 2. The zero-order chi connectivity index (χ0) is 19.8. The van der Waals surface area contributed by atoms with Crippen LogP contribution in [-0.4, -0.2) is 62.1 Å². The van der Waals surface area contributed by atoms with Crippen molar-refractivity contribution in [2.45, 2.75) is 32.2 Å². The van der Waals surface area contributed by atoms with Gasteiger partial charge < -0.3 is 9.80 Å². The molecule has 3 rings (SSSR count). The van der Waals surface area contributed by atoms with Crippen LogP contribution in [0.5, 0.6) is 0 Å². The van der Waals surface area contributed by atoms with Crippen molar-refractivity contribution in [3.05, 3.63) is 39.7 Å². The van der Waals surface area contributed by atoms with E-state index in [0.717, 1.165) is 0 Å². The molecule has 1 aliphatic carbocycles. The van der Waals surface area contributed by atoms with Crippen LogP contribution in [0.3, 0.4) is 0 Å². The molecule has 0 bridgehead atoms. The summed E-state index contributed by atoms with van der Waals surface area (Å²) in [6.07, 6.45) is 2.90. The third-order valence-electron chi connectivity index (χ3n) is 4.96. The summed E-state index contributed by atoms with van der Waals surface area (Å²) in [6, 6.07) is 5.01. The first kappa shape index (κ1) is 19.8. The highest BCUT2D eigenvalue weighted by Crippen LogP contribution is 2.43. The maximum atomic E-state index is 13.3. The third-order valence-corrected chi connectivity index (χ3v) is 5.64. The number of amides is 2. The molecule has 2 amide bonds. The minimum atomic E-state index is -0.779. The molecule has 2 aromatic heterocycles. The molecule has 0 aromatic carbocycles. The van der Waals surface area contributed by atoms with Gasteiger partial charge in [0.05, 0.1) is 5.02 Å². The molecule has 0 aliphatic heterocycles. The van der Waals surface area contributed by atoms with Gasteiger partial charge in [-0.05, 0) is 54.8 Å². The lowest BCUT2D eigenvalue weighted by atomic mass is 10.1. The zero-order valence-corrected chi connectivity index (χ0v) is 17.8. The van der Waals surface area contributed by atoms with Gasteiger partial charge in [-0.15, -0.1) is 0 Å². The maximum absolute atomic E-state index is 13.3. The smallest absolute Gasteiger partial charge is 0.273 e. The molecule has 1 saturated carbocycles. The minimum absolute atomic E-state index is 0.00986. The Morgan fingerprint density at radius 2 is 2.00 bits per heavy atom. The third kappa shape index (κ3) is 3.48. The number of carbonyl (C=O) groups is 2. The van der Waals surface area contributed by atoms with Crippen molar-refractivity contribution in [2.24, 2.45) is 0 Å². The molecule has 7 nitrogen and oxygen atoms in total. The monoisotopic (exact) mass is 453 g/mol. The molecular formula is C18H21BrClN5O2. The Labute approximate surface area is 171 Å². The minimum Gasteiger partial charge on any atom is -0.341 e. The number of halogens is 2. The van der Waals surface area contributed by atoms with Crippen LogP contribution >= 0.6 is 27.5 Å². The number of hydrogen-bond donors (Lipinski definition) is 0. The fraction of sp³-hybridized carbons (Fsp3) is 0.444. The molecule has 1 fully saturated rings. The number of aromatic nitrogens is 3. The zero-order valence-electron chi connectivity index (χ0n) is 15.4. The van der Waals surface area contributed by atoms with Gasteiger partial charge in [-0.25, -0.2) is 9.67 Å². The Balaban J connectivity index is 1.95. The van der Waals surface area contributed by atoms with Gasteiger partial charge in [-0.2, -0.15) is 5.10 Å². The number of carbonyl (C=O) groups excluding carboxylic acids is 2. The van der Waals surface area contributed by atoms with E-state index in [4.69, 9.17) is 11.6 Å². The molecule has 0 saturated heterocycles. The SMILES string of the molecule is CCN(CC)C(=O)C1(N(C)C(=O)c2cc(Br)nn2-c2ncccc2Cl)CC1. The van der Waals surface area contributed by atoms with Crippen LogP contribution in [0.2, 0.25) is 5.02 Å². The first-order valence-electron chi connectivity index (χ1n) is 8.79. The standard InChI is InChI=1S/C18H21BrClN5O2/c1-4-24(5-2)17(27)18(8-9-18)23(3)16(26)13-11-14(19)22-25(13)15-12(20)7-6-10-21-15/h6-7,10-11H,4-5,8-9H2,1-3H3. The van der Waals surface area contributed by atoms with Gasteiger partial charge in [0.25, 0.3) is 5.91 Å². The molecule has 0 N–H and O–H groups in total. The van der Waals surface area contributed by atoms with Crippen LogP contribution in [0.15, 0.2) is 29.0 Å². The molecule has 2 heterocycles. The normalized spacial score (nSPS) is 14.7. The fourth-order valence-corrected chi connectivity index (χ4v) is 3.76. The Hall–Kier alpha value is -1.93. The summed E-state index contributed by atoms with van der Waals surface area (Å²) >= 11 is 9.55. The van der Waals surface area contributed by atoms with Gasteiger partial charge in [0.1, 0.15) is 15.8 Å². The fourth-order valence-electron chi connectivity index (χ4n) is 3.18. The quantitative estimate of drug-likeness (QED) is 0.672. The average Bonchev–Trinajstić information content (AvgIpc) is 3.38. The second kappa shape index (κ2) is 7.59. The first-order chi connectivity index (χ1) is 12.9. The predicted molar refractivity (Wildman–Crippen MR) is 106 cm³/mol. The summed E-state index contributed by atoms with van der Waals surface area (Å²) in [5.41, 5.74) is -0.484. The maximum Gasteiger partial charge on any atom is 0.273 e. The van der Waals surface area contributed by atoms with Gasteiger partial charge in [0, 0.05) is 32.4 Å². The van der Waals surface area contributed by atoms with Crippen LogP contribution in [-0.2, 0) is 4.79 Å². The van der Waals surface area contributed by atoms with Crippen LogP contribution in [0.4, 0.5) is 0 Å². The van der Waals surface area contributed by atoms with Crippen LogP contribution < -0.4 is 0 Å². The summed E-state index contributed by atoms with van der Waals surface area (Å²) in [5.74, 6) is 0.0545. The molecule has 0 atom stereocenters. The van der Waals surface area contributed by atoms with Crippen LogP contribution in [0.25, 0.3) is 5.82 Å². The molecule has 144 valence electrons. The van der Waals surface area contributed by atoms with E-state index in [9.17, 15) is 9.59 Å². The van der Waals surface area contributed by atoms with Crippen molar-refractivity contribution < 1.29 is 9.59 Å². The highest BCUT2D eigenvalue weighted by molar-refractivity contribution is 9.10. The summed E-state index contributed by atoms with van der Waals surface area (Å²) < 4.78 is 1.89. The average molecular weight is 455 g/mol. The molecular weight excluding hydrogens is 434 g/mol. The first-order valence-corrected chi connectivity index (χ1v) is 9.96. The van der Waals surface area contributed by atoms with Gasteiger partial charge in [0.15, 0.2) is 5.82 Å². The highest BCUT2D eigenvalue weighted by Gasteiger charge is 2.56. The Morgan fingerprint density at radius 1 is 1.33 bits per heavy atom. The molecule has 2 aromatic rings. The summed E-state index contributed by atoms with van der Waals surface area (Å²) in [7, 11) is 1.67. The lowest BCUT2D eigenvalue weighted by molar-refractivity contribution is -0.136. The molecule has 1 aliphatic rings. The van der Waals surface area contributed by atoms with Crippen molar-refractivity contribution in [1.82, 2.24) is 24.6 Å². The van der Waals surface area contributed by atoms with Gasteiger partial charge in [-0.3, -0.25) is 9.59 Å². The van der Waals surface area contributed by atoms with Crippen LogP contribution in [0, 0.1) is 0 Å². The van der Waals surface area contributed by atoms with E-state index in [1.807, 2.05) is 13.8 Å². The number of rotatable bonds is 6. The van der Waals surface area contributed by atoms with Crippen LogP contribution in [0.1, 0.15) is 37.2 Å². The Bertz CT molecular complexity index is 876. The van der Waals surface area contributed by atoms with E-state index in [0.29, 0.717) is 47.1 Å². The molecule has 0 radical (unpaired) electrons. The van der Waals surface area contributed by atoms with Crippen molar-refractivity contribution in [3.8, 4) is 5.82 Å². The highest BCUT2D eigenvalue weighted by atomic mass is 79.9. The van der Waals surface area contributed by atoms with E-state index < -0.39 is 5.54 Å². The Morgan fingerprint density at radius 3 is 2.56 bits per heavy atom.